The summed E-state index contributed by atoms with van der Waals surface area (Å²) in [5.74, 6) is -1.30. The molecule has 0 spiro atoms. The van der Waals surface area contributed by atoms with Gasteiger partial charge in [0.05, 0.1) is 0 Å². The van der Waals surface area contributed by atoms with Crippen molar-refractivity contribution in [3.05, 3.63) is 29.8 Å². The van der Waals surface area contributed by atoms with Crippen molar-refractivity contribution in [2.75, 3.05) is 31.5 Å². The van der Waals surface area contributed by atoms with Crippen molar-refractivity contribution in [1.82, 2.24) is 15.3 Å². The lowest BCUT2D eigenvalue weighted by Crippen LogP contribution is -2.34. The monoisotopic (exact) mass is 376 g/mol. The molecule has 0 radical (unpaired) electrons. The van der Waals surface area contributed by atoms with Gasteiger partial charge in [0.15, 0.2) is 0 Å². The molecule has 1 aliphatic heterocycles. The molecule has 0 aromatic heterocycles. The smallest absolute Gasteiger partial charge is 0.351 e. The largest absolute Gasteiger partial charge is 0.436 e. The lowest BCUT2D eigenvalue weighted by molar-refractivity contribution is -0.170. The normalized spacial score (nSPS) is 13.8. The van der Waals surface area contributed by atoms with Crippen molar-refractivity contribution in [2.45, 2.75) is 26.7 Å². The van der Waals surface area contributed by atoms with Crippen LogP contribution in [0.3, 0.4) is 0 Å². The van der Waals surface area contributed by atoms with E-state index in [0.717, 1.165) is 19.6 Å². The fourth-order valence-corrected chi connectivity index (χ4v) is 2.56. The molecular weight excluding hydrogens is 352 g/mol. The first-order valence-corrected chi connectivity index (χ1v) is 8.90. The van der Waals surface area contributed by atoms with Gasteiger partial charge < -0.3 is 15.1 Å². The minimum absolute atomic E-state index is 0.0319. The maximum absolute atomic E-state index is 12.1. The molecule has 1 heterocycles. The predicted molar refractivity (Wildman–Crippen MR) is 97.8 cm³/mol. The summed E-state index contributed by atoms with van der Waals surface area (Å²) in [4.78, 5) is 53.6. The molecular formula is C18H24N4O5. The lowest BCUT2D eigenvalue weighted by Gasteiger charge is -2.18. The minimum Gasteiger partial charge on any atom is -0.351 e. The first-order valence-electron chi connectivity index (χ1n) is 8.90. The number of carbonyl (C=O) groups is 4. The van der Waals surface area contributed by atoms with Crippen molar-refractivity contribution in [1.29, 1.82) is 0 Å². The second-order valence-electron chi connectivity index (χ2n) is 5.95. The van der Waals surface area contributed by atoms with Crippen LogP contribution < -0.4 is 10.6 Å². The summed E-state index contributed by atoms with van der Waals surface area (Å²) in [6.07, 6.45) is -0.885. The van der Waals surface area contributed by atoms with Gasteiger partial charge in [-0.05, 0) is 37.4 Å². The van der Waals surface area contributed by atoms with E-state index in [0.29, 0.717) is 22.9 Å². The summed E-state index contributed by atoms with van der Waals surface area (Å²) in [6, 6.07) is 6.20. The fraction of sp³-hybridized carbons (Fsp3) is 0.444. The zero-order valence-electron chi connectivity index (χ0n) is 15.5. The average molecular weight is 376 g/mol. The summed E-state index contributed by atoms with van der Waals surface area (Å²) < 4.78 is 0. The maximum Gasteiger partial charge on any atom is 0.436 e. The van der Waals surface area contributed by atoms with E-state index in [9.17, 15) is 19.2 Å². The summed E-state index contributed by atoms with van der Waals surface area (Å²) in [6.45, 7) is 7.31. The van der Waals surface area contributed by atoms with Gasteiger partial charge >= 0.3 is 6.09 Å². The van der Waals surface area contributed by atoms with Crippen LogP contribution in [0.25, 0.3) is 0 Å². The van der Waals surface area contributed by atoms with Crippen LogP contribution >= 0.6 is 0 Å². The number of hydroxylamine groups is 2. The van der Waals surface area contributed by atoms with Gasteiger partial charge in [-0.15, -0.1) is 5.06 Å². The van der Waals surface area contributed by atoms with Crippen LogP contribution in [0.2, 0.25) is 0 Å². The van der Waals surface area contributed by atoms with E-state index in [1.807, 2.05) is 0 Å². The van der Waals surface area contributed by atoms with Crippen molar-refractivity contribution in [2.24, 2.45) is 0 Å². The predicted octanol–water partition coefficient (Wildman–Crippen LogP) is 1.37. The van der Waals surface area contributed by atoms with Crippen LogP contribution in [0, 0.1) is 0 Å². The number of carbonyl (C=O) groups excluding carboxylic acids is 4. The molecule has 1 fully saturated rings. The first kappa shape index (κ1) is 20.4. The second-order valence-corrected chi connectivity index (χ2v) is 5.95. The summed E-state index contributed by atoms with van der Waals surface area (Å²) in [5.41, 5.74) is 0.831. The van der Waals surface area contributed by atoms with Gasteiger partial charge in [-0.2, -0.15) is 0 Å². The summed E-state index contributed by atoms with van der Waals surface area (Å²) >= 11 is 0. The Balaban J connectivity index is 1.82. The number of nitrogens with one attached hydrogen (secondary N) is 2. The van der Waals surface area contributed by atoms with Crippen molar-refractivity contribution in [3.8, 4) is 0 Å². The minimum atomic E-state index is -0.949. The number of hydrogen-bond acceptors (Lipinski definition) is 6. The van der Waals surface area contributed by atoms with Gasteiger partial charge in [0.2, 0.25) is 0 Å². The van der Waals surface area contributed by atoms with E-state index >= 15 is 0 Å². The third-order valence-corrected chi connectivity index (χ3v) is 4.18. The Morgan fingerprint density at radius 1 is 1.07 bits per heavy atom. The van der Waals surface area contributed by atoms with E-state index < -0.39 is 17.9 Å². The Bertz CT molecular complexity index is 684. The Hall–Kier alpha value is -2.94. The van der Waals surface area contributed by atoms with Crippen LogP contribution in [0.4, 0.5) is 10.5 Å². The molecule has 1 saturated heterocycles. The lowest BCUT2D eigenvalue weighted by atomic mass is 10.2. The van der Waals surface area contributed by atoms with E-state index in [1.165, 1.54) is 12.1 Å². The summed E-state index contributed by atoms with van der Waals surface area (Å²) in [7, 11) is 0. The highest BCUT2D eigenvalue weighted by Crippen LogP contribution is 2.14. The zero-order chi connectivity index (χ0) is 19.8. The molecule has 2 N–H and O–H groups in total. The topological polar surface area (TPSA) is 108 Å². The fourth-order valence-electron chi connectivity index (χ4n) is 2.56. The average Bonchev–Trinajstić information content (AvgIpc) is 2.97. The number of amides is 4. The van der Waals surface area contributed by atoms with E-state index in [2.05, 4.69) is 29.4 Å². The SMILES string of the molecule is CCN(CC)CCNC(=O)c1ccc(NC(=O)ON2C(=O)CCC2=O)cc1. The van der Waals surface area contributed by atoms with Crippen LogP contribution in [-0.4, -0.2) is 60.0 Å². The molecule has 0 saturated carbocycles. The van der Waals surface area contributed by atoms with Crippen LogP contribution in [0.5, 0.6) is 0 Å². The highest BCUT2D eigenvalue weighted by molar-refractivity contribution is 6.02. The highest BCUT2D eigenvalue weighted by Gasteiger charge is 2.32. The number of likely N-dealkylation sites (N-methyl/N-ethyl adjacent to an activating group) is 1. The van der Waals surface area contributed by atoms with Gasteiger partial charge in [0.1, 0.15) is 0 Å². The summed E-state index contributed by atoms with van der Waals surface area (Å²) in [5, 5.41) is 5.71. The first-order chi connectivity index (χ1) is 12.9. The van der Waals surface area contributed by atoms with Gasteiger partial charge in [0.25, 0.3) is 17.7 Å². The third kappa shape index (κ3) is 5.78. The number of anilines is 1. The molecule has 4 amide bonds. The number of rotatable bonds is 8. The third-order valence-electron chi connectivity index (χ3n) is 4.18. The van der Waals surface area contributed by atoms with Gasteiger partial charge in [-0.3, -0.25) is 19.7 Å². The molecule has 9 nitrogen and oxygen atoms in total. The molecule has 27 heavy (non-hydrogen) atoms. The van der Waals surface area contributed by atoms with E-state index in [4.69, 9.17) is 4.84 Å². The molecule has 0 aliphatic carbocycles. The van der Waals surface area contributed by atoms with E-state index in [-0.39, 0.29) is 18.7 Å². The second kappa shape index (κ2) is 9.67. The van der Waals surface area contributed by atoms with E-state index in [1.54, 1.807) is 12.1 Å². The molecule has 146 valence electrons. The van der Waals surface area contributed by atoms with Crippen molar-refractivity contribution >= 4 is 29.5 Å². The standard InChI is InChI=1S/C18H24N4O5/c1-3-21(4-2)12-11-19-17(25)13-5-7-14(8-6-13)20-18(26)27-22-15(23)9-10-16(22)24/h5-8H,3-4,9-12H2,1-2H3,(H,19,25)(H,20,26). The Labute approximate surface area is 157 Å². The maximum atomic E-state index is 12.1. The molecule has 2 rings (SSSR count). The van der Waals surface area contributed by atoms with Crippen LogP contribution in [-0.2, 0) is 14.4 Å². The highest BCUT2D eigenvalue weighted by atomic mass is 16.7. The molecule has 1 aromatic rings. The number of benzene rings is 1. The molecule has 9 heteroatoms. The van der Waals surface area contributed by atoms with Crippen molar-refractivity contribution < 1.29 is 24.0 Å². The Morgan fingerprint density at radius 2 is 1.67 bits per heavy atom. The van der Waals surface area contributed by atoms with Crippen LogP contribution in [0.15, 0.2) is 24.3 Å². The molecule has 0 bridgehead atoms. The Morgan fingerprint density at radius 3 is 2.22 bits per heavy atom. The number of imide groups is 1. The number of hydrogen-bond donors (Lipinski definition) is 2. The number of nitrogens with zero attached hydrogens (tertiary/aromatic N) is 2. The molecule has 0 atom stereocenters. The zero-order valence-corrected chi connectivity index (χ0v) is 15.5. The van der Waals surface area contributed by atoms with Gasteiger partial charge in [-0.1, -0.05) is 13.8 Å². The molecule has 1 aromatic carbocycles. The van der Waals surface area contributed by atoms with Crippen LogP contribution in [0.1, 0.15) is 37.0 Å². The quantitative estimate of drug-likeness (QED) is 0.664. The molecule has 0 unspecified atom stereocenters. The molecule has 1 aliphatic rings. The Kier molecular flexibility index (Phi) is 7.30. The van der Waals surface area contributed by atoms with Gasteiger partial charge in [0, 0.05) is 37.2 Å². The van der Waals surface area contributed by atoms with Gasteiger partial charge in [-0.25, -0.2) is 4.79 Å². The van der Waals surface area contributed by atoms with Crippen molar-refractivity contribution in [3.63, 3.8) is 0 Å².